The van der Waals surface area contributed by atoms with Gasteiger partial charge in [0, 0.05) is 41.5 Å². The van der Waals surface area contributed by atoms with Crippen molar-refractivity contribution in [1.29, 1.82) is 0 Å². The minimum atomic E-state index is 0.220. The lowest BCUT2D eigenvalue weighted by Crippen LogP contribution is -2.57. The number of pyridine rings is 1. The van der Waals surface area contributed by atoms with E-state index in [1.165, 1.54) is 24.8 Å². The highest BCUT2D eigenvalue weighted by atomic mass is 79.9. The lowest BCUT2D eigenvalue weighted by molar-refractivity contribution is 0.0167. The Morgan fingerprint density at radius 3 is 2.50 bits per heavy atom. The van der Waals surface area contributed by atoms with E-state index in [0.717, 1.165) is 11.0 Å². The summed E-state index contributed by atoms with van der Waals surface area (Å²) >= 11 is 3.49. The Labute approximate surface area is 130 Å². The summed E-state index contributed by atoms with van der Waals surface area (Å²) in [5, 5.41) is 0. The Kier molecular flexibility index (Phi) is 5.18. The molecule has 2 N–H and O–H groups in total. The molecule has 0 saturated heterocycles. The molecule has 1 saturated carbocycles. The van der Waals surface area contributed by atoms with Gasteiger partial charge < -0.3 is 10.6 Å². The Hall–Kier alpha value is -0.490. The van der Waals surface area contributed by atoms with Gasteiger partial charge in [-0.25, -0.2) is 0 Å². The highest BCUT2D eigenvalue weighted by Gasteiger charge is 2.40. The first-order valence-electron chi connectivity index (χ1n) is 7.17. The van der Waals surface area contributed by atoms with Gasteiger partial charge in [-0.15, -0.1) is 0 Å². The van der Waals surface area contributed by atoms with E-state index in [4.69, 9.17) is 5.73 Å². The molecule has 1 aromatic heterocycles. The Morgan fingerprint density at radius 1 is 1.35 bits per heavy atom. The lowest BCUT2D eigenvalue weighted by Gasteiger charge is -2.50. The molecular weight excluding hydrogens is 316 g/mol. The molecular formula is C15H25BrN4. The van der Waals surface area contributed by atoms with Gasteiger partial charge in [0.2, 0.25) is 0 Å². The smallest absolute Gasteiger partial charge is 0.0483 e. The van der Waals surface area contributed by atoms with E-state index < -0.39 is 0 Å². The van der Waals surface area contributed by atoms with E-state index in [-0.39, 0.29) is 6.04 Å². The predicted octanol–water partition coefficient (Wildman–Crippen LogP) is 2.26. The highest BCUT2D eigenvalue weighted by Crippen LogP contribution is 2.38. The molecule has 0 aliphatic heterocycles. The third-order valence-corrected chi connectivity index (χ3v) is 5.08. The van der Waals surface area contributed by atoms with Crippen molar-refractivity contribution in [2.45, 2.75) is 30.8 Å². The van der Waals surface area contributed by atoms with Gasteiger partial charge in [0.25, 0.3) is 0 Å². The Bertz CT molecular complexity index is 445. The highest BCUT2D eigenvalue weighted by molar-refractivity contribution is 9.10. The van der Waals surface area contributed by atoms with E-state index in [2.05, 4.69) is 57.9 Å². The van der Waals surface area contributed by atoms with Crippen molar-refractivity contribution < 1.29 is 0 Å². The van der Waals surface area contributed by atoms with Crippen LogP contribution in [0.5, 0.6) is 0 Å². The Morgan fingerprint density at radius 2 is 2.05 bits per heavy atom. The molecule has 0 bridgehead atoms. The summed E-state index contributed by atoms with van der Waals surface area (Å²) in [6, 6.07) is 2.34. The van der Waals surface area contributed by atoms with Crippen LogP contribution in [0.2, 0.25) is 0 Å². The van der Waals surface area contributed by atoms with E-state index in [0.29, 0.717) is 12.1 Å². The van der Waals surface area contributed by atoms with Crippen molar-refractivity contribution >= 4 is 15.9 Å². The first-order valence-corrected chi connectivity index (χ1v) is 7.96. The number of hydrogen-bond acceptors (Lipinski definition) is 4. The summed E-state index contributed by atoms with van der Waals surface area (Å²) in [7, 11) is 6.54. The van der Waals surface area contributed by atoms with Gasteiger partial charge in [-0.3, -0.25) is 9.88 Å². The summed E-state index contributed by atoms with van der Waals surface area (Å²) < 4.78 is 1.01. The maximum absolute atomic E-state index is 6.01. The summed E-state index contributed by atoms with van der Waals surface area (Å²) in [5.41, 5.74) is 7.51. The first-order chi connectivity index (χ1) is 9.48. The molecule has 1 atom stereocenters. The number of halogens is 1. The largest absolute Gasteiger partial charge is 0.329 e. The fraction of sp³-hybridized carbons (Fsp3) is 0.667. The second-order valence-corrected chi connectivity index (χ2v) is 6.99. The molecule has 5 heteroatoms. The zero-order valence-corrected chi connectivity index (χ0v) is 14.2. The van der Waals surface area contributed by atoms with Gasteiger partial charge in [0.15, 0.2) is 0 Å². The van der Waals surface area contributed by atoms with Gasteiger partial charge in [-0.05, 0) is 68.0 Å². The molecule has 0 radical (unpaired) electrons. The van der Waals surface area contributed by atoms with Crippen LogP contribution in [0.25, 0.3) is 0 Å². The monoisotopic (exact) mass is 340 g/mol. The maximum Gasteiger partial charge on any atom is 0.0483 e. The van der Waals surface area contributed by atoms with Crippen LogP contribution in [0.15, 0.2) is 22.9 Å². The van der Waals surface area contributed by atoms with Crippen LogP contribution in [0, 0.1) is 0 Å². The molecule has 1 aliphatic rings. The predicted molar refractivity (Wildman–Crippen MR) is 86.6 cm³/mol. The van der Waals surface area contributed by atoms with Gasteiger partial charge in [0.1, 0.15) is 0 Å². The number of likely N-dealkylation sites (N-methyl/N-ethyl adjacent to an activating group) is 2. The number of rotatable bonds is 6. The molecule has 1 heterocycles. The minimum absolute atomic E-state index is 0.220. The lowest BCUT2D eigenvalue weighted by atomic mass is 9.75. The number of hydrogen-bond donors (Lipinski definition) is 1. The van der Waals surface area contributed by atoms with Crippen molar-refractivity contribution in [3.8, 4) is 0 Å². The van der Waals surface area contributed by atoms with Crippen molar-refractivity contribution in [2.24, 2.45) is 5.73 Å². The fourth-order valence-corrected chi connectivity index (χ4v) is 3.47. The fourth-order valence-electron chi connectivity index (χ4n) is 3.09. The van der Waals surface area contributed by atoms with E-state index in [9.17, 15) is 0 Å². The molecule has 0 aromatic carbocycles. The second kappa shape index (κ2) is 6.52. The van der Waals surface area contributed by atoms with Crippen molar-refractivity contribution in [2.75, 3.05) is 34.2 Å². The van der Waals surface area contributed by atoms with Crippen LogP contribution in [-0.4, -0.2) is 54.6 Å². The molecule has 1 aliphatic carbocycles. The van der Waals surface area contributed by atoms with Gasteiger partial charge in [-0.1, -0.05) is 0 Å². The van der Waals surface area contributed by atoms with E-state index in [1.807, 2.05) is 12.4 Å². The Balaban J connectivity index is 2.11. The van der Waals surface area contributed by atoms with Gasteiger partial charge in [0.05, 0.1) is 0 Å². The summed E-state index contributed by atoms with van der Waals surface area (Å²) in [4.78, 5) is 9.01. The van der Waals surface area contributed by atoms with Crippen LogP contribution >= 0.6 is 15.9 Å². The average molecular weight is 341 g/mol. The maximum atomic E-state index is 6.01. The molecule has 1 aromatic rings. The van der Waals surface area contributed by atoms with Crippen LogP contribution in [0.3, 0.4) is 0 Å². The van der Waals surface area contributed by atoms with Crippen LogP contribution in [-0.2, 0) is 0 Å². The third-order valence-electron chi connectivity index (χ3n) is 4.64. The normalized spacial score (nSPS) is 19.1. The summed E-state index contributed by atoms with van der Waals surface area (Å²) in [6.07, 6.45) is 7.61. The molecule has 1 fully saturated rings. The van der Waals surface area contributed by atoms with Crippen molar-refractivity contribution in [3.63, 3.8) is 0 Å². The topological polar surface area (TPSA) is 45.4 Å². The zero-order chi connectivity index (χ0) is 14.8. The van der Waals surface area contributed by atoms with E-state index >= 15 is 0 Å². The summed E-state index contributed by atoms with van der Waals surface area (Å²) in [6.45, 7) is 1.66. The SMILES string of the molecule is CN(CC1(N(C)C)CCC1)C(CN)c1cncc(Br)c1. The van der Waals surface area contributed by atoms with Crippen LogP contribution < -0.4 is 5.73 Å². The standard InChI is InChI=1S/C15H25BrN4/c1-19(2)15(5-4-6-15)11-20(3)14(8-17)12-7-13(16)10-18-9-12/h7,9-10,14H,4-6,8,11,17H2,1-3H3. The number of nitrogens with zero attached hydrogens (tertiary/aromatic N) is 3. The summed E-state index contributed by atoms with van der Waals surface area (Å²) in [5.74, 6) is 0. The molecule has 0 amide bonds. The minimum Gasteiger partial charge on any atom is -0.329 e. The molecule has 2 rings (SSSR count). The molecule has 20 heavy (non-hydrogen) atoms. The number of aromatic nitrogens is 1. The second-order valence-electron chi connectivity index (χ2n) is 6.08. The third kappa shape index (κ3) is 3.22. The molecule has 112 valence electrons. The molecule has 0 spiro atoms. The van der Waals surface area contributed by atoms with E-state index in [1.54, 1.807) is 0 Å². The van der Waals surface area contributed by atoms with Crippen molar-refractivity contribution in [3.05, 3.63) is 28.5 Å². The number of nitrogens with two attached hydrogens (primary N) is 1. The van der Waals surface area contributed by atoms with Gasteiger partial charge in [-0.2, -0.15) is 0 Å². The zero-order valence-electron chi connectivity index (χ0n) is 12.6. The quantitative estimate of drug-likeness (QED) is 0.862. The van der Waals surface area contributed by atoms with Crippen LogP contribution in [0.4, 0.5) is 0 Å². The molecule has 4 nitrogen and oxygen atoms in total. The molecule has 1 unspecified atom stereocenters. The first kappa shape index (κ1) is 15.9. The van der Waals surface area contributed by atoms with Crippen molar-refractivity contribution in [1.82, 2.24) is 14.8 Å². The average Bonchev–Trinajstić information content (AvgIpc) is 2.34. The van der Waals surface area contributed by atoms with Gasteiger partial charge >= 0.3 is 0 Å². The van der Waals surface area contributed by atoms with Crippen LogP contribution in [0.1, 0.15) is 30.9 Å².